The molecule has 0 aliphatic carbocycles. The zero-order valence-corrected chi connectivity index (χ0v) is 9.16. The summed E-state index contributed by atoms with van der Waals surface area (Å²) in [5.74, 6) is 0.883. The number of carbonyl (C=O) groups is 1. The number of ether oxygens (including phenoxy) is 1. The molecule has 1 atom stereocenters. The lowest BCUT2D eigenvalue weighted by molar-refractivity contribution is -0.127. The summed E-state index contributed by atoms with van der Waals surface area (Å²) in [7, 11) is 0. The molecule has 1 heterocycles. The van der Waals surface area contributed by atoms with Crippen molar-refractivity contribution in [3.63, 3.8) is 0 Å². The average Bonchev–Trinajstić information content (AvgIpc) is 2.17. The zero-order chi connectivity index (χ0) is 10.6. The molecule has 2 N–H and O–H groups in total. The van der Waals surface area contributed by atoms with E-state index in [1.165, 1.54) is 0 Å². The number of rotatable bonds is 4. The largest absolute Gasteiger partial charge is 0.381 e. The third kappa shape index (κ3) is 3.39. The highest BCUT2D eigenvalue weighted by molar-refractivity contribution is 5.86. The third-order valence-electron chi connectivity index (χ3n) is 2.71. The zero-order valence-electron chi connectivity index (χ0n) is 9.16. The van der Waals surface area contributed by atoms with Crippen LogP contribution < -0.4 is 5.73 Å². The Hall–Kier alpha value is -0.410. The minimum absolute atomic E-state index is 0.150. The van der Waals surface area contributed by atoms with Gasteiger partial charge in [0.05, 0.1) is 6.04 Å². The summed E-state index contributed by atoms with van der Waals surface area (Å²) >= 11 is 0. The smallest absolute Gasteiger partial charge is 0.152 e. The first-order valence-electron chi connectivity index (χ1n) is 5.48. The van der Waals surface area contributed by atoms with Crippen molar-refractivity contribution >= 4 is 5.78 Å². The normalized spacial score (nSPS) is 21.1. The van der Waals surface area contributed by atoms with E-state index in [2.05, 4.69) is 13.8 Å². The van der Waals surface area contributed by atoms with Crippen molar-refractivity contribution in [3.05, 3.63) is 0 Å². The highest BCUT2D eigenvalue weighted by Gasteiger charge is 2.26. The van der Waals surface area contributed by atoms with Crippen molar-refractivity contribution in [2.75, 3.05) is 13.2 Å². The molecule has 0 saturated carbocycles. The van der Waals surface area contributed by atoms with E-state index in [1.54, 1.807) is 0 Å². The van der Waals surface area contributed by atoms with E-state index >= 15 is 0 Å². The van der Waals surface area contributed by atoms with Crippen LogP contribution in [0.5, 0.6) is 0 Å². The van der Waals surface area contributed by atoms with Gasteiger partial charge in [0.15, 0.2) is 5.78 Å². The molecule has 1 saturated heterocycles. The lowest BCUT2D eigenvalue weighted by atomic mass is 9.88. The highest BCUT2D eigenvalue weighted by Crippen LogP contribution is 2.18. The second-order valence-electron chi connectivity index (χ2n) is 4.53. The van der Waals surface area contributed by atoms with E-state index in [0.29, 0.717) is 19.1 Å². The maximum Gasteiger partial charge on any atom is 0.152 e. The van der Waals surface area contributed by atoms with Crippen LogP contribution in [0, 0.1) is 11.8 Å². The van der Waals surface area contributed by atoms with Gasteiger partial charge in [0, 0.05) is 19.1 Å². The summed E-state index contributed by atoms with van der Waals surface area (Å²) in [6.45, 7) is 5.61. The molecule has 1 rings (SSSR count). The molecule has 82 valence electrons. The molecule has 0 spiro atoms. The second kappa shape index (κ2) is 5.47. The Kier molecular flexibility index (Phi) is 4.55. The highest BCUT2D eigenvalue weighted by atomic mass is 16.5. The molecular formula is C11H21NO2. The predicted octanol–water partition coefficient (Wildman–Crippen LogP) is 1.36. The van der Waals surface area contributed by atoms with Crippen LogP contribution in [0.15, 0.2) is 0 Å². The third-order valence-corrected chi connectivity index (χ3v) is 2.71. The Morgan fingerprint density at radius 3 is 2.50 bits per heavy atom. The Morgan fingerprint density at radius 2 is 2.00 bits per heavy atom. The monoisotopic (exact) mass is 199 g/mol. The Morgan fingerprint density at radius 1 is 1.43 bits per heavy atom. The van der Waals surface area contributed by atoms with Crippen molar-refractivity contribution in [2.24, 2.45) is 17.6 Å². The molecule has 3 nitrogen and oxygen atoms in total. The molecule has 1 aliphatic heterocycles. The maximum absolute atomic E-state index is 11.9. The van der Waals surface area contributed by atoms with Gasteiger partial charge in [0.25, 0.3) is 0 Å². The number of hydrogen-bond acceptors (Lipinski definition) is 3. The van der Waals surface area contributed by atoms with Crippen LogP contribution in [0.1, 0.15) is 33.1 Å². The molecule has 0 bridgehead atoms. The average molecular weight is 199 g/mol. The van der Waals surface area contributed by atoms with Gasteiger partial charge in [-0.05, 0) is 25.2 Å². The summed E-state index contributed by atoms with van der Waals surface area (Å²) in [6.07, 6.45) is 2.51. The summed E-state index contributed by atoms with van der Waals surface area (Å²) in [6, 6.07) is -0.266. The van der Waals surface area contributed by atoms with Gasteiger partial charge < -0.3 is 10.5 Å². The SMILES string of the molecule is CC(C)CC(N)C(=O)C1CCOCC1. The number of carbonyl (C=O) groups excluding carboxylic acids is 1. The van der Waals surface area contributed by atoms with Gasteiger partial charge >= 0.3 is 0 Å². The first-order valence-corrected chi connectivity index (χ1v) is 5.48. The van der Waals surface area contributed by atoms with Gasteiger partial charge in [-0.1, -0.05) is 13.8 Å². The number of ketones is 1. The minimum atomic E-state index is -0.266. The number of hydrogen-bond donors (Lipinski definition) is 1. The van der Waals surface area contributed by atoms with Crippen molar-refractivity contribution in [2.45, 2.75) is 39.2 Å². The van der Waals surface area contributed by atoms with Crippen LogP contribution in [0.3, 0.4) is 0 Å². The van der Waals surface area contributed by atoms with Crippen LogP contribution in [-0.4, -0.2) is 25.0 Å². The molecule has 0 radical (unpaired) electrons. The number of Topliss-reactive ketones (excluding diaryl/α,β-unsaturated/α-hetero) is 1. The molecule has 1 unspecified atom stereocenters. The minimum Gasteiger partial charge on any atom is -0.381 e. The molecule has 0 amide bonds. The summed E-state index contributed by atoms with van der Waals surface area (Å²) in [5, 5.41) is 0. The van der Waals surface area contributed by atoms with Crippen LogP contribution in [-0.2, 0) is 9.53 Å². The summed E-state index contributed by atoms with van der Waals surface area (Å²) < 4.78 is 5.22. The first kappa shape index (κ1) is 11.7. The molecule has 3 heteroatoms. The molecule has 0 aromatic heterocycles. The molecule has 1 aliphatic rings. The standard InChI is InChI=1S/C11H21NO2/c1-8(2)7-10(12)11(13)9-3-5-14-6-4-9/h8-10H,3-7,12H2,1-2H3. The fraction of sp³-hybridized carbons (Fsp3) is 0.909. The van der Waals surface area contributed by atoms with Crippen molar-refractivity contribution in [1.29, 1.82) is 0 Å². The molecular weight excluding hydrogens is 178 g/mol. The lowest BCUT2D eigenvalue weighted by Gasteiger charge is -2.24. The van der Waals surface area contributed by atoms with Crippen LogP contribution in [0.2, 0.25) is 0 Å². The van der Waals surface area contributed by atoms with Gasteiger partial charge in [0.2, 0.25) is 0 Å². The second-order valence-corrected chi connectivity index (χ2v) is 4.53. The quantitative estimate of drug-likeness (QED) is 0.743. The maximum atomic E-state index is 11.9. The van der Waals surface area contributed by atoms with E-state index in [4.69, 9.17) is 10.5 Å². The van der Waals surface area contributed by atoms with Crippen LogP contribution >= 0.6 is 0 Å². The van der Waals surface area contributed by atoms with Crippen LogP contribution in [0.4, 0.5) is 0 Å². The van der Waals surface area contributed by atoms with Crippen molar-refractivity contribution in [3.8, 4) is 0 Å². The Bertz CT molecular complexity index is 186. The number of nitrogens with two attached hydrogens (primary N) is 1. The van der Waals surface area contributed by atoms with E-state index < -0.39 is 0 Å². The predicted molar refractivity (Wildman–Crippen MR) is 56.0 cm³/mol. The van der Waals surface area contributed by atoms with Crippen molar-refractivity contribution < 1.29 is 9.53 Å². The lowest BCUT2D eigenvalue weighted by Crippen LogP contribution is -2.38. The van der Waals surface area contributed by atoms with Gasteiger partial charge in [-0.3, -0.25) is 4.79 Å². The molecule has 0 aromatic carbocycles. The van der Waals surface area contributed by atoms with E-state index in [-0.39, 0.29) is 17.7 Å². The van der Waals surface area contributed by atoms with E-state index in [1.807, 2.05) is 0 Å². The summed E-state index contributed by atoms with van der Waals surface area (Å²) in [4.78, 5) is 11.9. The van der Waals surface area contributed by atoms with E-state index in [9.17, 15) is 4.79 Å². The van der Waals surface area contributed by atoms with E-state index in [0.717, 1.165) is 19.3 Å². The van der Waals surface area contributed by atoms with Gasteiger partial charge in [-0.25, -0.2) is 0 Å². The van der Waals surface area contributed by atoms with Gasteiger partial charge in [-0.15, -0.1) is 0 Å². The van der Waals surface area contributed by atoms with Crippen molar-refractivity contribution in [1.82, 2.24) is 0 Å². The fourth-order valence-corrected chi connectivity index (χ4v) is 1.91. The summed E-state index contributed by atoms with van der Waals surface area (Å²) in [5.41, 5.74) is 5.86. The fourth-order valence-electron chi connectivity index (χ4n) is 1.91. The molecule has 14 heavy (non-hydrogen) atoms. The van der Waals surface area contributed by atoms with Crippen LogP contribution in [0.25, 0.3) is 0 Å². The van der Waals surface area contributed by atoms with Gasteiger partial charge in [0.1, 0.15) is 0 Å². The van der Waals surface area contributed by atoms with Gasteiger partial charge in [-0.2, -0.15) is 0 Å². The Labute approximate surface area is 86.0 Å². The topological polar surface area (TPSA) is 52.3 Å². The first-order chi connectivity index (χ1) is 6.61. The molecule has 0 aromatic rings. The Balaban J connectivity index is 2.38. The molecule has 1 fully saturated rings.